The fourth-order valence-electron chi connectivity index (χ4n) is 4.02. The molecule has 4 rings (SSSR count). The molecule has 3 atom stereocenters. The quantitative estimate of drug-likeness (QED) is 0.927. The fourth-order valence-corrected chi connectivity index (χ4v) is 4.02. The lowest BCUT2D eigenvalue weighted by Gasteiger charge is -2.29. The molecule has 2 heterocycles. The van der Waals surface area contributed by atoms with E-state index in [0.29, 0.717) is 0 Å². The van der Waals surface area contributed by atoms with Gasteiger partial charge in [0.1, 0.15) is 0 Å². The van der Waals surface area contributed by atoms with Gasteiger partial charge in [0.15, 0.2) is 11.5 Å². The van der Waals surface area contributed by atoms with Crippen molar-refractivity contribution in [1.29, 1.82) is 0 Å². The van der Waals surface area contributed by atoms with Crippen molar-refractivity contribution in [2.75, 3.05) is 26.3 Å². The molecular weight excluding hydrogens is 264 g/mol. The number of hydrogen-bond donors (Lipinski definition) is 1. The molecule has 21 heavy (non-hydrogen) atoms. The number of fused-ring (bicyclic) bond motifs is 3. The number of nitrogens with zero attached hydrogens (tertiary/aromatic N) is 1. The van der Waals surface area contributed by atoms with Gasteiger partial charge < -0.3 is 15.2 Å². The van der Waals surface area contributed by atoms with Crippen LogP contribution < -0.4 is 15.2 Å². The Morgan fingerprint density at radius 3 is 2.81 bits per heavy atom. The number of rotatable bonds is 3. The summed E-state index contributed by atoms with van der Waals surface area (Å²) < 4.78 is 11.4. The van der Waals surface area contributed by atoms with E-state index < -0.39 is 0 Å². The molecule has 0 amide bonds. The first-order valence-corrected chi connectivity index (χ1v) is 8.19. The molecular formula is C17H24N2O2. The van der Waals surface area contributed by atoms with Crippen LogP contribution in [-0.4, -0.2) is 37.2 Å². The van der Waals surface area contributed by atoms with Crippen LogP contribution in [0.4, 0.5) is 0 Å². The Labute approximate surface area is 126 Å². The summed E-state index contributed by atoms with van der Waals surface area (Å²) in [5, 5.41) is 0. The number of hydrogen-bond acceptors (Lipinski definition) is 4. The zero-order valence-corrected chi connectivity index (χ0v) is 12.5. The number of piperidine rings is 1. The van der Waals surface area contributed by atoms with Crippen molar-refractivity contribution in [1.82, 2.24) is 4.90 Å². The lowest BCUT2D eigenvalue weighted by atomic mass is 10.0. The Balaban J connectivity index is 1.46. The molecule has 1 saturated heterocycles. The van der Waals surface area contributed by atoms with Crippen LogP contribution in [0.25, 0.3) is 0 Å². The van der Waals surface area contributed by atoms with E-state index in [9.17, 15) is 0 Å². The Morgan fingerprint density at radius 2 is 2.05 bits per heavy atom. The molecule has 3 unspecified atom stereocenters. The third kappa shape index (κ3) is 2.62. The number of likely N-dealkylation sites (tertiary alicyclic amines) is 1. The molecule has 2 fully saturated rings. The van der Waals surface area contributed by atoms with Gasteiger partial charge in [-0.2, -0.15) is 0 Å². The van der Waals surface area contributed by atoms with Gasteiger partial charge >= 0.3 is 0 Å². The van der Waals surface area contributed by atoms with E-state index in [4.69, 9.17) is 15.2 Å². The first kappa shape index (κ1) is 13.4. The first-order valence-electron chi connectivity index (χ1n) is 8.19. The molecule has 2 aliphatic heterocycles. The second-order valence-corrected chi connectivity index (χ2v) is 6.65. The summed E-state index contributed by atoms with van der Waals surface area (Å²) in [5.41, 5.74) is 7.60. The molecule has 0 spiro atoms. The lowest BCUT2D eigenvalue weighted by Crippen LogP contribution is -2.37. The van der Waals surface area contributed by atoms with E-state index in [-0.39, 0.29) is 6.04 Å². The average molecular weight is 288 g/mol. The SMILES string of the molecule is NC(CN1CC2CCC1C2)c1ccc2c(c1)OCCCO2. The fraction of sp³-hybridized carbons (Fsp3) is 0.647. The lowest BCUT2D eigenvalue weighted by molar-refractivity contribution is 0.201. The van der Waals surface area contributed by atoms with Gasteiger partial charge in [-0.25, -0.2) is 0 Å². The highest BCUT2D eigenvalue weighted by molar-refractivity contribution is 5.44. The van der Waals surface area contributed by atoms with Crippen LogP contribution in [0.2, 0.25) is 0 Å². The van der Waals surface area contributed by atoms with Gasteiger partial charge in [0.25, 0.3) is 0 Å². The summed E-state index contributed by atoms with van der Waals surface area (Å²) in [6, 6.07) is 7.00. The van der Waals surface area contributed by atoms with E-state index in [0.717, 1.165) is 55.2 Å². The maximum Gasteiger partial charge on any atom is 0.161 e. The molecule has 0 aromatic heterocycles. The van der Waals surface area contributed by atoms with E-state index >= 15 is 0 Å². The second-order valence-electron chi connectivity index (χ2n) is 6.65. The van der Waals surface area contributed by atoms with Crippen LogP contribution in [0.5, 0.6) is 11.5 Å². The summed E-state index contributed by atoms with van der Waals surface area (Å²) in [5.74, 6) is 2.62. The topological polar surface area (TPSA) is 47.7 Å². The molecule has 0 radical (unpaired) electrons. The zero-order valence-electron chi connectivity index (χ0n) is 12.5. The molecule has 114 valence electrons. The molecule has 1 saturated carbocycles. The highest BCUT2D eigenvalue weighted by Crippen LogP contribution is 2.38. The maximum atomic E-state index is 6.44. The van der Waals surface area contributed by atoms with Crippen molar-refractivity contribution in [3.8, 4) is 11.5 Å². The number of nitrogens with two attached hydrogens (primary N) is 1. The minimum atomic E-state index is 0.0569. The smallest absolute Gasteiger partial charge is 0.161 e. The highest BCUT2D eigenvalue weighted by Gasteiger charge is 2.38. The number of ether oxygens (including phenoxy) is 2. The van der Waals surface area contributed by atoms with Gasteiger partial charge in [-0.3, -0.25) is 4.90 Å². The maximum absolute atomic E-state index is 6.44. The molecule has 1 aromatic carbocycles. The molecule has 1 aliphatic carbocycles. The van der Waals surface area contributed by atoms with E-state index in [1.807, 2.05) is 6.07 Å². The van der Waals surface area contributed by atoms with E-state index in [2.05, 4.69) is 17.0 Å². The summed E-state index contributed by atoms with van der Waals surface area (Å²) in [6.07, 6.45) is 5.10. The third-order valence-corrected chi connectivity index (χ3v) is 5.15. The summed E-state index contributed by atoms with van der Waals surface area (Å²) >= 11 is 0. The van der Waals surface area contributed by atoms with E-state index in [1.54, 1.807) is 0 Å². The largest absolute Gasteiger partial charge is 0.490 e. The Hall–Kier alpha value is -1.26. The van der Waals surface area contributed by atoms with Gasteiger partial charge in [-0.05, 0) is 42.9 Å². The van der Waals surface area contributed by atoms with Crippen molar-refractivity contribution in [2.24, 2.45) is 11.7 Å². The monoisotopic (exact) mass is 288 g/mol. The third-order valence-electron chi connectivity index (χ3n) is 5.15. The molecule has 3 aliphatic rings. The van der Waals surface area contributed by atoms with Crippen LogP contribution in [0, 0.1) is 5.92 Å². The normalized spacial score (nSPS) is 29.4. The van der Waals surface area contributed by atoms with Gasteiger partial charge in [0.2, 0.25) is 0 Å². The minimum absolute atomic E-state index is 0.0569. The summed E-state index contributed by atoms with van der Waals surface area (Å²) in [6.45, 7) is 3.65. The van der Waals surface area contributed by atoms with Crippen LogP contribution in [0.15, 0.2) is 18.2 Å². The average Bonchev–Trinajstić information content (AvgIpc) is 3.02. The van der Waals surface area contributed by atoms with Crippen molar-refractivity contribution in [3.63, 3.8) is 0 Å². The summed E-state index contributed by atoms with van der Waals surface area (Å²) in [4.78, 5) is 2.59. The first-order chi connectivity index (χ1) is 10.3. The van der Waals surface area contributed by atoms with Crippen molar-refractivity contribution in [2.45, 2.75) is 37.8 Å². The van der Waals surface area contributed by atoms with Crippen molar-refractivity contribution in [3.05, 3.63) is 23.8 Å². The van der Waals surface area contributed by atoms with Gasteiger partial charge in [0.05, 0.1) is 13.2 Å². The standard InChI is InChI=1S/C17H24N2O2/c18-15(11-19-10-12-2-4-14(19)8-12)13-3-5-16-17(9-13)21-7-1-6-20-16/h3,5,9,12,14-15H,1-2,4,6-8,10-11,18H2. The van der Waals surface area contributed by atoms with Crippen LogP contribution >= 0.6 is 0 Å². The molecule has 1 aromatic rings. The van der Waals surface area contributed by atoms with Gasteiger partial charge in [-0.15, -0.1) is 0 Å². The van der Waals surface area contributed by atoms with E-state index in [1.165, 1.54) is 25.8 Å². The second kappa shape index (κ2) is 5.50. The molecule has 4 heteroatoms. The van der Waals surface area contributed by atoms with Gasteiger partial charge in [-0.1, -0.05) is 6.07 Å². The zero-order chi connectivity index (χ0) is 14.2. The van der Waals surface area contributed by atoms with Crippen molar-refractivity contribution < 1.29 is 9.47 Å². The Bertz CT molecular complexity index is 520. The van der Waals surface area contributed by atoms with Crippen LogP contribution in [-0.2, 0) is 0 Å². The van der Waals surface area contributed by atoms with Crippen LogP contribution in [0.1, 0.15) is 37.3 Å². The predicted octanol–water partition coefficient (Wildman–Crippen LogP) is 2.33. The molecule has 2 bridgehead atoms. The molecule has 2 N–H and O–H groups in total. The predicted molar refractivity (Wildman–Crippen MR) is 81.7 cm³/mol. The van der Waals surface area contributed by atoms with Gasteiger partial charge in [0, 0.05) is 31.6 Å². The van der Waals surface area contributed by atoms with Crippen LogP contribution in [0.3, 0.4) is 0 Å². The summed E-state index contributed by atoms with van der Waals surface area (Å²) in [7, 11) is 0. The highest BCUT2D eigenvalue weighted by atomic mass is 16.5. The van der Waals surface area contributed by atoms with Crippen molar-refractivity contribution >= 4 is 0 Å². The number of benzene rings is 1. The molecule has 4 nitrogen and oxygen atoms in total. The Morgan fingerprint density at radius 1 is 1.19 bits per heavy atom. The Kier molecular flexibility index (Phi) is 3.51. The minimum Gasteiger partial charge on any atom is -0.490 e.